The van der Waals surface area contributed by atoms with E-state index in [-0.39, 0.29) is 18.4 Å². The fourth-order valence-corrected chi connectivity index (χ4v) is 2.24. The Morgan fingerprint density at radius 3 is 2.24 bits per heavy atom. The van der Waals surface area contributed by atoms with E-state index in [1.54, 1.807) is 6.92 Å². The molecule has 0 fully saturated rings. The Labute approximate surface area is 150 Å². The summed E-state index contributed by atoms with van der Waals surface area (Å²) in [4.78, 5) is 23.7. The molecule has 0 radical (unpaired) electrons. The van der Waals surface area contributed by atoms with E-state index < -0.39 is 12.1 Å². The minimum Gasteiger partial charge on any atom is -0.492 e. The van der Waals surface area contributed by atoms with Crippen molar-refractivity contribution in [2.24, 2.45) is 5.92 Å². The first-order chi connectivity index (χ1) is 11.8. The van der Waals surface area contributed by atoms with Gasteiger partial charge in [-0.15, -0.1) is 0 Å². The predicted molar refractivity (Wildman–Crippen MR) is 97.8 cm³/mol. The van der Waals surface area contributed by atoms with E-state index in [2.05, 4.69) is 24.5 Å². The summed E-state index contributed by atoms with van der Waals surface area (Å²) in [5, 5.41) is 5.36. The van der Waals surface area contributed by atoms with Gasteiger partial charge in [0.1, 0.15) is 18.4 Å². The van der Waals surface area contributed by atoms with Crippen molar-refractivity contribution in [2.45, 2.75) is 46.6 Å². The average molecular weight is 350 g/mol. The standard InChI is InChI=1S/C19H30N2O4/c1-6-24-19(23)21-17(14(4)5)18(22)20-11-12-25-16-9-7-15(8-10-16)13(2)3/h7-10,13-14,17H,6,11-12H2,1-5H3,(H,20,22)(H,21,23). The number of alkyl carbamates (subject to hydrolysis) is 1. The molecule has 2 amide bonds. The van der Waals surface area contributed by atoms with Crippen LogP contribution in [0.25, 0.3) is 0 Å². The molecule has 1 aromatic carbocycles. The van der Waals surface area contributed by atoms with Crippen LogP contribution in [0.5, 0.6) is 5.75 Å². The highest BCUT2D eigenvalue weighted by molar-refractivity contribution is 5.85. The van der Waals surface area contributed by atoms with Crippen LogP contribution in [-0.4, -0.2) is 37.8 Å². The molecule has 1 aromatic rings. The van der Waals surface area contributed by atoms with Gasteiger partial charge in [0.2, 0.25) is 5.91 Å². The quantitative estimate of drug-likeness (QED) is 0.671. The van der Waals surface area contributed by atoms with Crippen molar-refractivity contribution >= 4 is 12.0 Å². The molecule has 0 aliphatic rings. The summed E-state index contributed by atoms with van der Waals surface area (Å²) in [7, 11) is 0. The van der Waals surface area contributed by atoms with Crippen molar-refractivity contribution in [1.82, 2.24) is 10.6 Å². The van der Waals surface area contributed by atoms with Crippen molar-refractivity contribution in [2.75, 3.05) is 19.8 Å². The minimum absolute atomic E-state index is 0.0473. The van der Waals surface area contributed by atoms with Crippen LogP contribution in [0, 0.1) is 5.92 Å². The molecule has 1 unspecified atom stereocenters. The first-order valence-electron chi connectivity index (χ1n) is 8.78. The van der Waals surface area contributed by atoms with Gasteiger partial charge in [-0.1, -0.05) is 39.8 Å². The molecule has 25 heavy (non-hydrogen) atoms. The third kappa shape index (κ3) is 7.45. The first-order valence-corrected chi connectivity index (χ1v) is 8.78. The van der Waals surface area contributed by atoms with Gasteiger partial charge in [-0.2, -0.15) is 0 Å². The van der Waals surface area contributed by atoms with Crippen molar-refractivity contribution in [3.05, 3.63) is 29.8 Å². The second-order valence-corrected chi connectivity index (χ2v) is 6.45. The summed E-state index contributed by atoms with van der Waals surface area (Å²) >= 11 is 0. The van der Waals surface area contributed by atoms with Gasteiger partial charge in [-0.3, -0.25) is 4.79 Å². The second-order valence-electron chi connectivity index (χ2n) is 6.45. The number of amides is 2. The molecule has 0 heterocycles. The normalized spacial score (nSPS) is 12.0. The monoisotopic (exact) mass is 350 g/mol. The molecule has 1 atom stereocenters. The number of benzene rings is 1. The number of hydrogen-bond acceptors (Lipinski definition) is 4. The highest BCUT2D eigenvalue weighted by Crippen LogP contribution is 2.18. The van der Waals surface area contributed by atoms with E-state index in [0.717, 1.165) is 5.75 Å². The predicted octanol–water partition coefficient (Wildman–Crippen LogP) is 3.08. The molecular weight excluding hydrogens is 320 g/mol. The van der Waals surface area contributed by atoms with Crippen molar-refractivity contribution < 1.29 is 19.1 Å². The SMILES string of the molecule is CCOC(=O)NC(C(=O)NCCOc1ccc(C(C)C)cc1)C(C)C. The third-order valence-electron chi connectivity index (χ3n) is 3.71. The molecule has 0 aliphatic heterocycles. The average Bonchev–Trinajstić information content (AvgIpc) is 2.56. The number of carbonyl (C=O) groups is 2. The van der Waals surface area contributed by atoms with Gasteiger partial charge in [0, 0.05) is 0 Å². The lowest BCUT2D eigenvalue weighted by molar-refractivity contribution is -0.124. The highest BCUT2D eigenvalue weighted by atomic mass is 16.5. The smallest absolute Gasteiger partial charge is 0.407 e. The summed E-state index contributed by atoms with van der Waals surface area (Å²) in [6, 6.07) is 7.30. The van der Waals surface area contributed by atoms with Crippen LogP contribution in [0.15, 0.2) is 24.3 Å². The van der Waals surface area contributed by atoms with Crippen molar-refractivity contribution in [3.8, 4) is 5.75 Å². The number of rotatable bonds is 9. The van der Waals surface area contributed by atoms with Crippen LogP contribution in [0.1, 0.15) is 46.1 Å². The summed E-state index contributed by atoms with van der Waals surface area (Å²) in [6.07, 6.45) is -0.585. The third-order valence-corrected chi connectivity index (χ3v) is 3.71. The van der Waals surface area contributed by atoms with Crippen LogP contribution >= 0.6 is 0 Å². The highest BCUT2D eigenvalue weighted by Gasteiger charge is 2.24. The number of ether oxygens (including phenoxy) is 2. The molecule has 140 valence electrons. The first kappa shape index (κ1) is 20.8. The van der Waals surface area contributed by atoms with Gasteiger partial charge < -0.3 is 20.1 Å². The lowest BCUT2D eigenvalue weighted by Gasteiger charge is -2.21. The van der Waals surface area contributed by atoms with Crippen LogP contribution in [0.3, 0.4) is 0 Å². The van der Waals surface area contributed by atoms with E-state index in [9.17, 15) is 9.59 Å². The summed E-state index contributed by atoms with van der Waals surface area (Å²) in [5.74, 6) is 0.952. The molecular formula is C19H30N2O4. The summed E-state index contributed by atoms with van der Waals surface area (Å²) in [5.41, 5.74) is 1.26. The Morgan fingerprint density at radius 1 is 1.08 bits per heavy atom. The Balaban J connectivity index is 2.39. The maximum atomic E-state index is 12.2. The van der Waals surface area contributed by atoms with E-state index in [1.165, 1.54) is 5.56 Å². The Kier molecular flexibility index (Phi) is 8.81. The minimum atomic E-state index is -0.635. The number of hydrogen-bond donors (Lipinski definition) is 2. The van der Waals surface area contributed by atoms with E-state index in [0.29, 0.717) is 19.1 Å². The number of carbonyl (C=O) groups excluding carboxylic acids is 2. The molecule has 0 saturated carbocycles. The molecule has 0 bridgehead atoms. The Morgan fingerprint density at radius 2 is 1.72 bits per heavy atom. The Bertz CT molecular complexity index is 541. The van der Waals surface area contributed by atoms with Gasteiger partial charge in [0.05, 0.1) is 13.2 Å². The maximum absolute atomic E-state index is 12.2. The fourth-order valence-electron chi connectivity index (χ4n) is 2.24. The summed E-state index contributed by atoms with van der Waals surface area (Å²) in [6.45, 7) is 10.7. The summed E-state index contributed by atoms with van der Waals surface area (Å²) < 4.78 is 10.5. The largest absolute Gasteiger partial charge is 0.492 e. The van der Waals surface area contributed by atoms with Crippen LogP contribution in [0.4, 0.5) is 4.79 Å². The zero-order valence-electron chi connectivity index (χ0n) is 15.8. The zero-order valence-corrected chi connectivity index (χ0v) is 15.8. The van der Waals surface area contributed by atoms with Crippen molar-refractivity contribution in [3.63, 3.8) is 0 Å². The van der Waals surface area contributed by atoms with Crippen LogP contribution in [-0.2, 0) is 9.53 Å². The molecule has 0 saturated heterocycles. The lowest BCUT2D eigenvalue weighted by Crippen LogP contribution is -2.50. The van der Waals surface area contributed by atoms with Crippen molar-refractivity contribution in [1.29, 1.82) is 0 Å². The van der Waals surface area contributed by atoms with Gasteiger partial charge in [-0.05, 0) is 36.5 Å². The van der Waals surface area contributed by atoms with Crippen LogP contribution in [0.2, 0.25) is 0 Å². The molecule has 2 N–H and O–H groups in total. The van der Waals surface area contributed by atoms with E-state index in [1.807, 2.05) is 38.1 Å². The van der Waals surface area contributed by atoms with Gasteiger partial charge >= 0.3 is 6.09 Å². The fraction of sp³-hybridized carbons (Fsp3) is 0.579. The maximum Gasteiger partial charge on any atom is 0.407 e. The molecule has 6 heteroatoms. The Hall–Kier alpha value is -2.24. The van der Waals surface area contributed by atoms with Gasteiger partial charge in [0.15, 0.2) is 0 Å². The zero-order chi connectivity index (χ0) is 18.8. The molecule has 0 spiro atoms. The van der Waals surface area contributed by atoms with Gasteiger partial charge in [-0.25, -0.2) is 4.79 Å². The molecule has 1 rings (SSSR count). The molecule has 0 aromatic heterocycles. The second kappa shape index (κ2) is 10.6. The topological polar surface area (TPSA) is 76.7 Å². The molecule has 6 nitrogen and oxygen atoms in total. The van der Waals surface area contributed by atoms with Crippen LogP contribution < -0.4 is 15.4 Å². The lowest BCUT2D eigenvalue weighted by atomic mass is 10.0. The van der Waals surface area contributed by atoms with E-state index in [4.69, 9.17) is 9.47 Å². The molecule has 0 aliphatic carbocycles. The van der Waals surface area contributed by atoms with Gasteiger partial charge in [0.25, 0.3) is 0 Å². The number of nitrogens with one attached hydrogen (secondary N) is 2. The van der Waals surface area contributed by atoms with E-state index >= 15 is 0 Å².